The molecule has 1 atom stereocenters. The fourth-order valence-electron chi connectivity index (χ4n) is 2.44. The van der Waals surface area contributed by atoms with Gasteiger partial charge in [0, 0.05) is 19.2 Å². The molecule has 9 heteroatoms. The van der Waals surface area contributed by atoms with Crippen molar-refractivity contribution in [2.75, 3.05) is 20.2 Å². The summed E-state index contributed by atoms with van der Waals surface area (Å²) in [6.07, 6.45) is -0.810. The molecular formula is C18H20F2N2O5. The molecule has 0 amide bonds. The zero-order valence-corrected chi connectivity index (χ0v) is 14.6. The van der Waals surface area contributed by atoms with Crippen molar-refractivity contribution in [3.63, 3.8) is 0 Å². The van der Waals surface area contributed by atoms with Gasteiger partial charge in [-0.1, -0.05) is 18.2 Å². The van der Waals surface area contributed by atoms with Gasteiger partial charge in [0.15, 0.2) is 0 Å². The van der Waals surface area contributed by atoms with Gasteiger partial charge in [-0.3, -0.25) is 15.0 Å². The first-order chi connectivity index (χ1) is 12.8. The lowest BCUT2D eigenvalue weighted by Crippen LogP contribution is -2.32. The molecule has 0 heterocycles. The van der Waals surface area contributed by atoms with E-state index >= 15 is 0 Å². The van der Waals surface area contributed by atoms with Gasteiger partial charge in [0.25, 0.3) is 5.69 Å². The fraction of sp³-hybridized carbons (Fsp3) is 0.333. The van der Waals surface area contributed by atoms with Gasteiger partial charge in [0.05, 0.1) is 11.0 Å². The molecule has 0 radical (unpaired) electrons. The number of nitro groups is 1. The Morgan fingerprint density at radius 2 is 1.89 bits per heavy atom. The normalized spacial score (nSPS) is 12.2. The average molecular weight is 382 g/mol. The quantitative estimate of drug-likeness (QED) is 0.502. The van der Waals surface area contributed by atoms with Crippen molar-refractivity contribution in [1.29, 1.82) is 0 Å². The van der Waals surface area contributed by atoms with Crippen LogP contribution >= 0.6 is 0 Å². The van der Waals surface area contributed by atoms with Crippen molar-refractivity contribution < 1.29 is 28.3 Å². The first kappa shape index (κ1) is 20.5. The lowest BCUT2D eigenvalue weighted by molar-refractivity contribution is -0.384. The lowest BCUT2D eigenvalue weighted by atomic mass is 10.2. The summed E-state index contributed by atoms with van der Waals surface area (Å²) < 4.78 is 33.9. The van der Waals surface area contributed by atoms with E-state index in [1.807, 2.05) is 4.90 Å². The molecule has 0 fully saturated rings. The van der Waals surface area contributed by atoms with Crippen molar-refractivity contribution in [3.8, 4) is 11.5 Å². The second-order valence-electron chi connectivity index (χ2n) is 5.94. The van der Waals surface area contributed by atoms with Gasteiger partial charge in [-0.2, -0.15) is 8.78 Å². The van der Waals surface area contributed by atoms with Crippen molar-refractivity contribution in [3.05, 3.63) is 64.2 Å². The summed E-state index contributed by atoms with van der Waals surface area (Å²) in [6, 6.07) is 12.0. The highest BCUT2D eigenvalue weighted by Gasteiger charge is 2.12. The molecule has 1 N–H and O–H groups in total. The van der Waals surface area contributed by atoms with Crippen LogP contribution in [0.4, 0.5) is 14.5 Å². The summed E-state index contributed by atoms with van der Waals surface area (Å²) in [5.41, 5.74) is 0.782. The molecule has 27 heavy (non-hydrogen) atoms. The molecule has 0 saturated heterocycles. The van der Waals surface area contributed by atoms with Crippen LogP contribution in [0.25, 0.3) is 0 Å². The van der Waals surface area contributed by atoms with Crippen molar-refractivity contribution in [2.45, 2.75) is 19.3 Å². The average Bonchev–Trinajstić information content (AvgIpc) is 2.61. The molecule has 0 aliphatic heterocycles. The van der Waals surface area contributed by atoms with Crippen LogP contribution in [-0.4, -0.2) is 47.8 Å². The Bertz CT molecular complexity index is 743. The molecule has 0 aromatic heterocycles. The number of nitro benzene ring substituents is 1. The Morgan fingerprint density at radius 1 is 1.19 bits per heavy atom. The molecule has 1 unspecified atom stereocenters. The number of hydrogen-bond donors (Lipinski definition) is 1. The fourth-order valence-corrected chi connectivity index (χ4v) is 2.44. The number of aliphatic hydroxyl groups is 1. The summed E-state index contributed by atoms with van der Waals surface area (Å²) >= 11 is 0. The molecule has 7 nitrogen and oxygen atoms in total. The molecule has 0 bridgehead atoms. The maximum absolute atomic E-state index is 12.1. The molecule has 2 aromatic rings. The molecule has 0 spiro atoms. The van der Waals surface area contributed by atoms with E-state index in [1.165, 1.54) is 30.3 Å². The van der Waals surface area contributed by atoms with Gasteiger partial charge in [-0.25, -0.2) is 0 Å². The van der Waals surface area contributed by atoms with E-state index in [0.717, 1.165) is 5.56 Å². The zero-order chi connectivity index (χ0) is 19.8. The van der Waals surface area contributed by atoms with Gasteiger partial charge in [-0.05, 0) is 30.8 Å². The number of rotatable bonds is 10. The van der Waals surface area contributed by atoms with Crippen LogP contribution in [0, 0.1) is 10.1 Å². The number of alkyl halides is 2. The first-order valence-corrected chi connectivity index (χ1v) is 8.11. The number of likely N-dealkylation sites (N-methyl/N-ethyl adjacent to an activating group) is 1. The van der Waals surface area contributed by atoms with Gasteiger partial charge in [0.1, 0.15) is 24.2 Å². The standard InChI is InChI=1S/C18H20F2N2O5/c1-21(10-13-5-7-16(8-6-13)27-18(19)20)11-15(23)12-26-17-4-2-3-14(9-17)22(24)25/h2-9,15,18,23H,10-12H2,1H3. The minimum atomic E-state index is -2.86. The Labute approximate surface area is 154 Å². The Morgan fingerprint density at radius 3 is 2.52 bits per heavy atom. The smallest absolute Gasteiger partial charge is 0.387 e. The molecule has 2 rings (SSSR count). The minimum absolute atomic E-state index is 0.0212. The third-order valence-corrected chi connectivity index (χ3v) is 3.59. The maximum Gasteiger partial charge on any atom is 0.387 e. The number of non-ortho nitro benzene ring substituents is 1. The number of ether oxygens (including phenoxy) is 2. The Hall–Kier alpha value is -2.78. The zero-order valence-electron chi connectivity index (χ0n) is 14.6. The van der Waals surface area contributed by atoms with Crippen LogP contribution in [0.1, 0.15) is 5.56 Å². The highest BCUT2D eigenvalue weighted by Crippen LogP contribution is 2.19. The molecule has 2 aromatic carbocycles. The second kappa shape index (κ2) is 9.79. The summed E-state index contributed by atoms with van der Waals surface area (Å²) in [5, 5.41) is 20.8. The Kier molecular flexibility index (Phi) is 7.44. The molecule has 0 aliphatic rings. The predicted octanol–water partition coefficient (Wildman–Crippen LogP) is 3.07. The van der Waals surface area contributed by atoms with Crippen molar-refractivity contribution >= 4 is 5.69 Å². The van der Waals surface area contributed by atoms with Gasteiger partial charge in [-0.15, -0.1) is 0 Å². The molecule has 0 aliphatic carbocycles. The van der Waals surface area contributed by atoms with E-state index in [0.29, 0.717) is 18.8 Å². The van der Waals surface area contributed by atoms with E-state index in [1.54, 1.807) is 25.2 Å². The Balaban J connectivity index is 1.78. The predicted molar refractivity (Wildman–Crippen MR) is 94.0 cm³/mol. The van der Waals surface area contributed by atoms with E-state index in [9.17, 15) is 24.0 Å². The molecule has 0 saturated carbocycles. The highest BCUT2D eigenvalue weighted by molar-refractivity contribution is 5.37. The third-order valence-electron chi connectivity index (χ3n) is 3.59. The van der Waals surface area contributed by atoms with Crippen LogP contribution in [0.5, 0.6) is 11.5 Å². The number of hydrogen-bond acceptors (Lipinski definition) is 6. The molecular weight excluding hydrogens is 362 g/mol. The summed E-state index contributed by atoms with van der Waals surface area (Å²) in [6.45, 7) is -2.10. The van der Waals surface area contributed by atoms with E-state index in [-0.39, 0.29) is 18.0 Å². The summed E-state index contributed by atoms with van der Waals surface area (Å²) in [5.74, 6) is 0.391. The van der Waals surface area contributed by atoms with E-state index in [2.05, 4.69) is 4.74 Å². The number of aliphatic hydroxyl groups excluding tert-OH is 1. The maximum atomic E-state index is 12.1. The van der Waals surface area contributed by atoms with Crippen molar-refractivity contribution in [2.24, 2.45) is 0 Å². The van der Waals surface area contributed by atoms with Crippen LogP contribution in [0.3, 0.4) is 0 Å². The third kappa shape index (κ3) is 7.16. The lowest BCUT2D eigenvalue weighted by Gasteiger charge is -2.21. The number of nitrogens with zero attached hydrogens (tertiary/aromatic N) is 2. The van der Waals surface area contributed by atoms with Gasteiger partial charge >= 0.3 is 6.61 Å². The van der Waals surface area contributed by atoms with Gasteiger partial charge < -0.3 is 14.6 Å². The number of benzene rings is 2. The summed E-state index contributed by atoms with van der Waals surface area (Å²) in [4.78, 5) is 12.1. The SMILES string of the molecule is CN(Cc1ccc(OC(F)F)cc1)CC(O)COc1cccc([N+](=O)[O-])c1. The minimum Gasteiger partial charge on any atom is -0.491 e. The van der Waals surface area contributed by atoms with Crippen LogP contribution in [0.2, 0.25) is 0 Å². The molecule has 146 valence electrons. The first-order valence-electron chi connectivity index (χ1n) is 8.11. The van der Waals surface area contributed by atoms with Crippen molar-refractivity contribution in [1.82, 2.24) is 4.90 Å². The van der Waals surface area contributed by atoms with Crippen LogP contribution < -0.4 is 9.47 Å². The van der Waals surface area contributed by atoms with E-state index < -0.39 is 17.6 Å². The largest absolute Gasteiger partial charge is 0.491 e. The number of halogens is 2. The monoisotopic (exact) mass is 382 g/mol. The van der Waals surface area contributed by atoms with Gasteiger partial charge in [0.2, 0.25) is 0 Å². The summed E-state index contributed by atoms with van der Waals surface area (Å²) in [7, 11) is 1.79. The van der Waals surface area contributed by atoms with Crippen LogP contribution in [-0.2, 0) is 6.54 Å². The van der Waals surface area contributed by atoms with E-state index in [4.69, 9.17) is 4.74 Å². The van der Waals surface area contributed by atoms with Crippen LogP contribution in [0.15, 0.2) is 48.5 Å². The topological polar surface area (TPSA) is 85.1 Å². The second-order valence-corrected chi connectivity index (χ2v) is 5.94. The highest BCUT2D eigenvalue weighted by atomic mass is 19.3.